The van der Waals surface area contributed by atoms with E-state index in [1.165, 1.54) is 48.7 Å². The van der Waals surface area contributed by atoms with Crippen molar-refractivity contribution >= 4 is 23.1 Å². The molecule has 0 bridgehead atoms. The fraction of sp³-hybridized carbons (Fsp3) is 0. The first-order chi connectivity index (χ1) is 12.0. The number of nitrogens with one attached hydrogen (secondary N) is 2. The number of para-hydroxylation sites is 1. The van der Waals surface area contributed by atoms with Crippen LogP contribution in [0, 0.1) is 17.5 Å². The SMILES string of the molecule is O=C(Nc1ccc(Nc2c(F)cccc2F)cn1)c1ccc(F)cc1. The number of carbonyl (C=O) groups is 1. The minimum atomic E-state index is -0.728. The summed E-state index contributed by atoms with van der Waals surface area (Å²) in [6.45, 7) is 0. The first-order valence-corrected chi connectivity index (χ1v) is 7.27. The molecular formula is C18H12F3N3O. The van der Waals surface area contributed by atoms with Gasteiger partial charge in [-0.2, -0.15) is 0 Å². The van der Waals surface area contributed by atoms with Crippen LogP contribution in [0.25, 0.3) is 0 Å². The maximum absolute atomic E-state index is 13.6. The number of aromatic nitrogens is 1. The number of benzene rings is 2. The number of nitrogens with zero attached hydrogens (tertiary/aromatic N) is 1. The van der Waals surface area contributed by atoms with E-state index in [0.717, 1.165) is 12.1 Å². The van der Waals surface area contributed by atoms with Crippen molar-refractivity contribution in [3.63, 3.8) is 0 Å². The van der Waals surface area contributed by atoms with Crippen LogP contribution >= 0.6 is 0 Å². The van der Waals surface area contributed by atoms with Crippen molar-refractivity contribution in [2.75, 3.05) is 10.6 Å². The third-order valence-corrected chi connectivity index (χ3v) is 3.34. The third-order valence-electron chi connectivity index (χ3n) is 3.34. The molecule has 0 spiro atoms. The topological polar surface area (TPSA) is 54.0 Å². The molecule has 126 valence electrons. The van der Waals surface area contributed by atoms with Crippen LogP contribution < -0.4 is 10.6 Å². The molecule has 1 amide bonds. The maximum Gasteiger partial charge on any atom is 0.256 e. The number of pyridine rings is 1. The molecule has 0 fully saturated rings. The number of hydrogen-bond donors (Lipinski definition) is 2. The van der Waals surface area contributed by atoms with E-state index in [0.29, 0.717) is 5.69 Å². The smallest absolute Gasteiger partial charge is 0.256 e. The van der Waals surface area contributed by atoms with E-state index in [2.05, 4.69) is 15.6 Å². The van der Waals surface area contributed by atoms with Crippen LogP contribution in [0.15, 0.2) is 60.8 Å². The van der Waals surface area contributed by atoms with Crippen LogP contribution in [0.3, 0.4) is 0 Å². The summed E-state index contributed by atoms with van der Waals surface area (Å²) < 4.78 is 40.0. The second-order valence-corrected chi connectivity index (χ2v) is 5.11. The molecule has 0 aliphatic heterocycles. The van der Waals surface area contributed by atoms with Crippen molar-refractivity contribution in [2.24, 2.45) is 0 Å². The fourth-order valence-electron chi connectivity index (χ4n) is 2.09. The second-order valence-electron chi connectivity index (χ2n) is 5.11. The van der Waals surface area contributed by atoms with Gasteiger partial charge in [0.05, 0.1) is 11.9 Å². The van der Waals surface area contributed by atoms with Gasteiger partial charge in [0.1, 0.15) is 29.0 Å². The molecule has 0 aliphatic carbocycles. The minimum absolute atomic E-state index is 0.244. The van der Waals surface area contributed by atoms with E-state index in [1.807, 2.05) is 0 Å². The summed E-state index contributed by atoms with van der Waals surface area (Å²) in [4.78, 5) is 16.0. The van der Waals surface area contributed by atoms with Crippen molar-refractivity contribution in [1.29, 1.82) is 0 Å². The summed E-state index contributed by atoms with van der Waals surface area (Å²) >= 11 is 0. The highest BCUT2D eigenvalue weighted by atomic mass is 19.1. The summed E-state index contributed by atoms with van der Waals surface area (Å²) in [7, 11) is 0. The number of halogens is 3. The molecule has 0 radical (unpaired) electrons. The Labute approximate surface area is 141 Å². The summed E-state index contributed by atoms with van der Waals surface area (Å²) in [6.07, 6.45) is 1.33. The van der Waals surface area contributed by atoms with Crippen molar-refractivity contribution in [1.82, 2.24) is 4.98 Å². The molecule has 1 heterocycles. The predicted molar refractivity (Wildman–Crippen MR) is 88.2 cm³/mol. The molecule has 3 aromatic rings. The zero-order chi connectivity index (χ0) is 17.8. The summed E-state index contributed by atoms with van der Waals surface area (Å²) in [5, 5.41) is 5.14. The van der Waals surface area contributed by atoms with E-state index in [-0.39, 0.29) is 17.1 Å². The van der Waals surface area contributed by atoms with E-state index < -0.39 is 23.4 Å². The van der Waals surface area contributed by atoms with Crippen molar-refractivity contribution in [3.05, 3.63) is 83.8 Å². The standard InChI is InChI=1S/C18H12F3N3O/c19-12-6-4-11(5-7-12)18(25)24-16-9-8-13(10-22-16)23-17-14(20)2-1-3-15(17)21/h1-10,23H,(H,22,24,25). The Morgan fingerprint density at radius 2 is 1.56 bits per heavy atom. The summed E-state index contributed by atoms with van der Waals surface area (Å²) in [5.41, 5.74) is 0.343. The Morgan fingerprint density at radius 1 is 0.880 bits per heavy atom. The number of rotatable bonds is 4. The second kappa shape index (κ2) is 7.04. The molecule has 2 N–H and O–H groups in total. The van der Waals surface area contributed by atoms with E-state index in [9.17, 15) is 18.0 Å². The van der Waals surface area contributed by atoms with Crippen molar-refractivity contribution < 1.29 is 18.0 Å². The lowest BCUT2D eigenvalue weighted by molar-refractivity contribution is 0.102. The van der Waals surface area contributed by atoms with Crippen molar-refractivity contribution in [3.8, 4) is 0 Å². The largest absolute Gasteiger partial charge is 0.349 e. The lowest BCUT2D eigenvalue weighted by Gasteiger charge is -2.09. The van der Waals surface area contributed by atoms with Gasteiger partial charge in [-0.1, -0.05) is 6.07 Å². The first kappa shape index (κ1) is 16.5. The van der Waals surface area contributed by atoms with E-state index in [1.54, 1.807) is 0 Å². The minimum Gasteiger partial charge on any atom is -0.349 e. The van der Waals surface area contributed by atoms with Gasteiger partial charge in [-0.25, -0.2) is 18.2 Å². The lowest BCUT2D eigenvalue weighted by Crippen LogP contribution is -2.12. The zero-order valence-electron chi connectivity index (χ0n) is 12.8. The lowest BCUT2D eigenvalue weighted by atomic mass is 10.2. The monoisotopic (exact) mass is 343 g/mol. The fourth-order valence-corrected chi connectivity index (χ4v) is 2.09. The average Bonchev–Trinajstić information content (AvgIpc) is 2.60. The quantitative estimate of drug-likeness (QED) is 0.734. The predicted octanol–water partition coefficient (Wildman–Crippen LogP) is 4.49. The Bertz CT molecular complexity index is 876. The van der Waals surface area contributed by atoms with Crippen molar-refractivity contribution in [2.45, 2.75) is 0 Å². The number of anilines is 3. The highest BCUT2D eigenvalue weighted by molar-refractivity contribution is 6.03. The molecule has 25 heavy (non-hydrogen) atoms. The number of amides is 1. The highest BCUT2D eigenvalue weighted by Crippen LogP contribution is 2.23. The van der Waals surface area contributed by atoms with Crippen LogP contribution in [-0.2, 0) is 0 Å². The number of carbonyl (C=O) groups excluding carboxylic acids is 1. The van der Waals surface area contributed by atoms with Gasteiger partial charge in [0.15, 0.2) is 0 Å². The molecule has 0 saturated carbocycles. The molecule has 0 unspecified atom stereocenters. The van der Waals surface area contributed by atoms with Crippen LogP contribution in [0.1, 0.15) is 10.4 Å². The molecule has 0 saturated heterocycles. The molecule has 4 nitrogen and oxygen atoms in total. The van der Waals surface area contributed by atoms with Gasteiger partial charge >= 0.3 is 0 Å². The molecule has 0 aliphatic rings. The van der Waals surface area contributed by atoms with Gasteiger partial charge in [0.2, 0.25) is 0 Å². The van der Waals surface area contributed by atoms with Crippen LogP contribution in [0.4, 0.5) is 30.4 Å². The molecule has 1 aromatic heterocycles. The average molecular weight is 343 g/mol. The maximum atomic E-state index is 13.6. The Kier molecular flexibility index (Phi) is 4.65. The zero-order valence-corrected chi connectivity index (χ0v) is 12.8. The van der Waals surface area contributed by atoms with Crippen LogP contribution in [0.5, 0.6) is 0 Å². The van der Waals surface area contributed by atoms with Gasteiger partial charge < -0.3 is 10.6 Å². The molecule has 3 rings (SSSR count). The van der Waals surface area contributed by atoms with Gasteiger partial charge in [0, 0.05) is 5.56 Å². The third kappa shape index (κ3) is 3.95. The Balaban J connectivity index is 1.70. The van der Waals surface area contributed by atoms with Gasteiger partial charge in [-0.3, -0.25) is 4.79 Å². The van der Waals surface area contributed by atoms with Gasteiger partial charge in [-0.05, 0) is 48.5 Å². The highest BCUT2D eigenvalue weighted by Gasteiger charge is 2.10. The van der Waals surface area contributed by atoms with Gasteiger partial charge in [-0.15, -0.1) is 0 Å². The summed E-state index contributed by atoms with van der Waals surface area (Å²) in [5.74, 6) is -2.10. The van der Waals surface area contributed by atoms with E-state index >= 15 is 0 Å². The van der Waals surface area contributed by atoms with Crippen LogP contribution in [0.2, 0.25) is 0 Å². The van der Waals surface area contributed by atoms with Gasteiger partial charge in [0.25, 0.3) is 5.91 Å². The molecule has 7 heteroatoms. The Hall–Kier alpha value is -3.35. The Morgan fingerprint density at radius 3 is 2.16 bits per heavy atom. The first-order valence-electron chi connectivity index (χ1n) is 7.27. The molecule has 2 aromatic carbocycles. The molecule has 0 atom stereocenters. The summed E-state index contributed by atoms with van der Waals surface area (Å²) in [6, 6.07) is 11.6. The normalized spacial score (nSPS) is 10.4. The number of hydrogen-bond acceptors (Lipinski definition) is 3. The van der Waals surface area contributed by atoms with E-state index in [4.69, 9.17) is 0 Å². The van der Waals surface area contributed by atoms with Crippen LogP contribution in [-0.4, -0.2) is 10.9 Å². The molecular weight excluding hydrogens is 331 g/mol.